The number of nitrogens with zero attached hydrogens (tertiary/aromatic N) is 1. The summed E-state index contributed by atoms with van der Waals surface area (Å²) in [6.07, 6.45) is 0. The van der Waals surface area contributed by atoms with E-state index in [-0.39, 0.29) is 6.04 Å². The molecule has 1 rings (SSSR count). The van der Waals surface area contributed by atoms with Gasteiger partial charge in [-0.25, -0.2) is 0 Å². The SMILES string of the molecule is CNC(C#N)c1ccc(Cl)s1. The third-order valence-electron chi connectivity index (χ3n) is 1.30. The van der Waals surface area contributed by atoms with Crippen molar-refractivity contribution in [1.82, 2.24) is 5.32 Å². The van der Waals surface area contributed by atoms with Crippen LogP contribution >= 0.6 is 22.9 Å². The van der Waals surface area contributed by atoms with Crippen LogP contribution in [-0.4, -0.2) is 7.05 Å². The minimum atomic E-state index is -0.229. The highest BCUT2D eigenvalue weighted by Gasteiger charge is 2.08. The van der Waals surface area contributed by atoms with Gasteiger partial charge in [0, 0.05) is 4.88 Å². The zero-order valence-electron chi connectivity index (χ0n) is 5.97. The second-order valence-corrected chi connectivity index (χ2v) is 3.74. The fourth-order valence-corrected chi connectivity index (χ4v) is 1.87. The second-order valence-electron chi connectivity index (χ2n) is 1.99. The molecule has 0 aromatic carbocycles. The van der Waals surface area contributed by atoms with Crippen molar-refractivity contribution in [2.75, 3.05) is 7.05 Å². The van der Waals surface area contributed by atoms with Gasteiger partial charge in [0.25, 0.3) is 0 Å². The summed E-state index contributed by atoms with van der Waals surface area (Å²) < 4.78 is 0.718. The lowest BCUT2D eigenvalue weighted by atomic mass is 10.3. The Hall–Kier alpha value is -0.560. The number of hydrogen-bond donors (Lipinski definition) is 1. The number of hydrogen-bond acceptors (Lipinski definition) is 3. The van der Waals surface area contributed by atoms with Gasteiger partial charge in [0.2, 0.25) is 0 Å². The summed E-state index contributed by atoms with van der Waals surface area (Å²) in [5.41, 5.74) is 0. The molecule has 0 fully saturated rings. The van der Waals surface area contributed by atoms with Gasteiger partial charge in [-0.05, 0) is 19.2 Å². The van der Waals surface area contributed by atoms with E-state index in [2.05, 4.69) is 11.4 Å². The van der Waals surface area contributed by atoms with Gasteiger partial charge < -0.3 is 5.32 Å². The number of nitriles is 1. The van der Waals surface area contributed by atoms with Crippen LogP contribution in [0, 0.1) is 11.3 Å². The number of halogens is 1. The molecule has 1 atom stereocenters. The Balaban J connectivity index is 2.84. The smallest absolute Gasteiger partial charge is 0.130 e. The lowest BCUT2D eigenvalue weighted by Crippen LogP contribution is -2.12. The molecule has 11 heavy (non-hydrogen) atoms. The van der Waals surface area contributed by atoms with Crippen molar-refractivity contribution in [1.29, 1.82) is 5.26 Å². The Morgan fingerprint density at radius 3 is 2.82 bits per heavy atom. The molecule has 0 aliphatic rings. The zero-order chi connectivity index (χ0) is 8.27. The summed E-state index contributed by atoms with van der Waals surface area (Å²) in [4.78, 5) is 0.958. The molecule has 1 N–H and O–H groups in total. The van der Waals surface area contributed by atoms with Crippen molar-refractivity contribution in [3.8, 4) is 6.07 Å². The molecular formula is C7H7ClN2S. The van der Waals surface area contributed by atoms with Crippen LogP contribution in [0.2, 0.25) is 4.34 Å². The van der Waals surface area contributed by atoms with Gasteiger partial charge in [-0.2, -0.15) is 5.26 Å². The van der Waals surface area contributed by atoms with Crippen molar-refractivity contribution < 1.29 is 0 Å². The lowest BCUT2D eigenvalue weighted by Gasteiger charge is -2.01. The molecular weight excluding hydrogens is 180 g/mol. The highest BCUT2D eigenvalue weighted by atomic mass is 35.5. The van der Waals surface area contributed by atoms with Gasteiger partial charge in [-0.3, -0.25) is 0 Å². The molecule has 0 aliphatic heterocycles. The molecule has 0 amide bonds. The molecule has 0 saturated heterocycles. The van der Waals surface area contributed by atoms with Crippen LogP contribution < -0.4 is 5.32 Å². The van der Waals surface area contributed by atoms with Crippen LogP contribution in [0.4, 0.5) is 0 Å². The number of thiophene rings is 1. The summed E-state index contributed by atoms with van der Waals surface area (Å²) in [6, 6.07) is 5.55. The first kappa shape index (κ1) is 8.54. The van der Waals surface area contributed by atoms with Crippen LogP contribution in [0.5, 0.6) is 0 Å². The maximum atomic E-state index is 8.64. The molecule has 1 unspecified atom stereocenters. The molecule has 0 bridgehead atoms. The molecule has 0 radical (unpaired) electrons. The summed E-state index contributed by atoms with van der Waals surface area (Å²) in [7, 11) is 1.75. The quantitative estimate of drug-likeness (QED) is 0.769. The highest BCUT2D eigenvalue weighted by molar-refractivity contribution is 7.16. The molecule has 58 valence electrons. The summed E-state index contributed by atoms with van der Waals surface area (Å²) >= 11 is 7.13. The van der Waals surface area contributed by atoms with Crippen molar-refractivity contribution in [3.63, 3.8) is 0 Å². The average Bonchev–Trinajstić information content (AvgIpc) is 2.39. The first-order valence-corrected chi connectivity index (χ1v) is 4.29. The van der Waals surface area contributed by atoms with Gasteiger partial charge in [0.05, 0.1) is 10.4 Å². The van der Waals surface area contributed by atoms with E-state index in [1.165, 1.54) is 11.3 Å². The van der Waals surface area contributed by atoms with E-state index < -0.39 is 0 Å². The fraction of sp³-hybridized carbons (Fsp3) is 0.286. The molecule has 4 heteroatoms. The van der Waals surface area contributed by atoms with E-state index in [1.807, 2.05) is 6.07 Å². The Morgan fingerprint density at radius 2 is 2.45 bits per heavy atom. The minimum absolute atomic E-state index is 0.229. The van der Waals surface area contributed by atoms with Gasteiger partial charge in [-0.1, -0.05) is 11.6 Å². The van der Waals surface area contributed by atoms with E-state index in [9.17, 15) is 0 Å². The third kappa shape index (κ3) is 1.93. The molecule has 0 aliphatic carbocycles. The number of nitrogens with one attached hydrogen (secondary N) is 1. The maximum absolute atomic E-state index is 8.64. The van der Waals surface area contributed by atoms with Crippen LogP contribution in [-0.2, 0) is 0 Å². The van der Waals surface area contributed by atoms with Crippen molar-refractivity contribution >= 4 is 22.9 Å². The Labute approximate surface area is 74.4 Å². The fourth-order valence-electron chi connectivity index (χ4n) is 0.754. The summed E-state index contributed by atoms with van der Waals surface area (Å²) in [5.74, 6) is 0. The molecule has 0 spiro atoms. The normalized spacial score (nSPS) is 12.5. The van der Waals surface area contributed by atoms with Gasteiger partial charge in [-0.15, -0.1) is 11.3 Å². The Morgan fingerprint density at radius 1 is 1.73 bits per heavy atom. The van der Waals surface area contributed by atoms with Crippen molar-refractivity contribution in [2.45, 2.75) is 6.04 Å². The first-order chi connectivity index (χ1) is 5.27. The largest absolute Gasteiger partial charge is 0.301 e. The van der Waals surface area contributed by atoms with E-state index in [4.69, 9.17) is 16.9 Å². The minimum Gasteiger partial charge on any atom is -0.301 e. The Bertz CT molecular complexity index is 276. The lowest BCUT2D eigenvalue weighted by molar-refractivity contribution is 0.740. The van der Waals surface area contributed by atoms with Crippen molar-refractivity contribution in [2.24, 2.45) is 0 Å². The van der Waals surface area contributed by atoms with Gasteiger partial charge in [0.15, 0.2) is 0 Å². The Kier molecular flexibility index (Phi) is 2.89. The third-order valence-corrected chi connectivity index (χ3v) is 2.59. The predicted molar refractivity (Wildman–Crippen MR) is 46.7 cm³/mol. The predicted octanol–water partition coefficient (Wildman–Crippen LogP) is 2.19. The van der Waals surface area contributed by atoms with Crippen LogP contribution in [0.1, 0.15) is 10.9 Å². The van der Waals surface area contributed by atoms with Gasteiger partial charge >= 0.3 is 0 Å². The van der Waals surface area contributed by atoms with Gasteiger partial charge in [0.1, 0.15) is 6.04 Å². The van der Waals surface area contributed by atoms with Crippen LogP contribution in [0.25, 0.3) is 0 Å². The first-order valence-electron chi connectivity index (χ1n) is 3.10. The summed E-state index contributed by atoms with van der Waals surface area (Å²) in [6.45, 7) is 0. The molecule has 1 aromatic rings. The second kappa shape index (κ2) is 3.72. The van der Waals surface area contributed by atoms with E-state index in [0.717, 1.165) is 9.21 Å². The van der Waals surface area contributed by atoms with E-state index in [0.29, 0.717) is 0 Å². The highest BCUT2D eigenvalue weighted by Crippen LogP contribution is 2.26. The molecule has 1 heterocycles. The standard InChI is InChI=1S/C7H7ClN2S/c1-10-5(4-9)6-2-3-7(8)11-6/h2-3,5,10H,1H3. The zero-order valence-corrected chi connectivity index (χ0v) is 7.54. The topological polar surface area (TPSA) is 35.8 Å². The van der Waals surface area contributed by atoms with E-state index >= 15 is 0 Å². The maximum Gasteiger partial charge on any atom is 0.130 e. The average molecular weight is 187 g/mol. The summed E-state index contributed by atoms with van der Waals surface area (Å²) in [5, 5.41) is 11.5. The van der Waals surface area contributed by atoms with Crippen LogP contribution in [0.3, 0.4) is 0 Å². The van der Waals surface area contributed by atoms with Crippen LogP contribution in [0.15, 0.2) is 12.1 Å². The molecule has 0 saturated carbocycles. The molecule has 1 aromatic heterocycles. The van der Waals surface area contributed by atoms with Crippen molar-refractivity contribution in [3.05, 3.63) is 21.3 Å². The molecule has 2 nitrogen and oxygen atoms in total. The van der Waals surface area contributed by atoms with E-state index in [1.54, 1.807) is 13.1 Å². The number of rotatable bonds is 2. The monoisotopic (exact) mass is 186 g/mol.